The molecule has 2 heterocycles. The summed E-state index contributed by atoms with van der Waals surface area (Å²) in [4.78, 5) is 65.9. The first kappa shape index (κ1) is 44.3. The van der Waals surface area contributed by atoms with E-state index >= 15 is 0 Å². The Kier molecular flexibility index (Phi) is 17.0. The normalized spacial score (nSPS) is 14.4. The van der Waals surface area contributed by atoms with Crippen molar-refractivity contribution >= 4 is 35.2 Å². The molecule has 6 atom stereocenters. The van der Waals surface area contributed by atoms with Gasteiger partial charge in [-0.05, 0) is 47.9 Å². The molecule has 0 aliphatic carbocycles. The van der Waals surface area contributed by atoms with E-state index in [-0.39, 0.29) is 37.8 Å². The second-order valence-corrected chi connectivity index (χ2v) is 15.7. The van der Waals surface area contributed by atoms with Crippen molar-refractivity contribution in [3.05, 3.63) is 118 Å². The van der Waals surface area contributed by atoms with Crippen molar-refractivity contribution in [1.82, 2.24) is 41.0 Å². The molecule has 14 nitrogen and oxygen atoms in total. The quantitative estimate of drug-likeness (QED) is 0.0827. The van der Waals surface area contributed by atoms with Gasteiger partial charge in [0, 0.05) is 25.7 Å². The highest BCUT2D eigenvalue weighted by Crippen LogP contribution is 2.17. The van der Waals surface area contributed by atoms with Crippen molar-refractivity contribution in [2.75, 3.05) is 14.1 Å². The zero-order valence-corrected chi connectivity index (χ0v) is 34.2. The van der Waals surface area contributed by atoms with Gasteiger partial charge >= 0.3 is 12.1 Å². The van der Waals surface area contributed by atoms with Gasteiger partial charge in [0.15, 0.2) is 0 Å². The Bertz CT molecular complexity index is 1830. The second kappa shape index (κ2) is 21.8. The minimum atomic E-state index is -1.59. The average Bonchev–Trinajstić information content (AvgIpc) is 3.71. The Morgan fingerprint density at radius 1 is 0.614 bits per heavy atom. The first-order valence-electron chi connectivity index (χ1n) is 19.1. The van der Waals surface area contributed by atoms with Gasteiger partial charge in [-0.25, -0.2) is 14.6 Å². The molecule has 15 heteroatoms. The standard InChI is InChI=1S/C42H56N8O6S/c1-27(2)35(47-41(55)49(5)23-31-19-13-14-20-43-31)39(53)45-33(21-29-15-9-7-10-16-29)37(51)38(52)34(22-30-17-11-8-12-18-30)46-40(54)36(28(3)4)48-42(56)50(6)24-32-25-57-26-44-32/h7-20,25-28,33-38,51-52H,21-24H2,1-6H3,(H,45,53)(H,46,54)(H,47,55)(H,48,56)/t33-,34-,35-,36+,37-,38-/m0/s1. The molecule has 2 aromatic carbocycles. The summed E-state index contributed by atoms with van der Waals surface area (Å²) in [7, 11) is 3.22. The number of nitrogens with zero attached hydrogens (tertiary/aromatic N) is 4. The van der Waals surface area contributed by atoms with Crippen molar-refractivity contribution in [2.45, 2.75) is 90.0 Å². The molecule has 0 spiro atoms. The van der Waals surface area contributed by atoms with E-state index in [9.17, 15) is 29.4 Å². The average molecular weight is 801 g/mol. The molecule has 57 heavy (non-hydrogen) atoms. The van der Waals surface area contributed by atoms with Crippen LogP contribution in [-0.4, -0.2) is 104 Å². The topological polar surface area (TPSA) is 189 Å². The number of aliphatic hydroxyl groups excluding tert-OH is 2. The van der Waals surface area contributed by atoms with Crippen LogP contribution in [0.15, 0.2) is 96.0 Å². The Morgan fingerprint density at radius 3 is 1.44 bits per heavy atom. The lowest BCUT2D eigenvalue weighted by molar-refractivity contribution is -0.129. The number of aliphatic hydroxyl groups is 2. The predicted molar refractivity (Wildman–Crippen MR) is 220 cm³/mol. The van der Waals surface area contributed by atoms with Gasteiger partial charge in [-0.1, -0.05) is 94.4 Å². The van der Waals surface area contributed by atoms with Crippen molar-refractivity contribution in [3.8, 4) is 0 Å². The van der Waals surface area contributed by atoms with Gasteiger partial charge < -0.3 is 41.3 Å². The summed E-state index contributed by atoms with van der Waals surface area (Å²) in [5, 5.41) is 37.3. The summed E-state index contributed by atoms with van der Waals surface area (Å²) < 4.78 is 0. The van der Waals surface area contributed by atoms with Crippen LogP contribution in [0, 0.1) is 11.8 Å². The lowest BCUT2D eigenvalue weighted by Crippen LogP contribution is -2.62. The summed E-state index contributed by atoms with van der Waals surface area (Å²) in [6.45, 7) is 7.67. The molecule has 6 N–H and O–H groups in total. The van der Waals surface area contributed by atoms with Gasteiger partial charge in [-0.3, -0.25) is 14.6 Å². The molecule has 0 saturated carbocycles. The molecule has 0 saturated heterocycles. The van der Waals surface area contributed by atoms with Gasteiger partial charge in [0.1, 0.15) is 24.3 Å². The third kappa shape index (κ3) is 13.7. The van der Waals surface area contributed by atoms with Crippen LogP contribution in [0.1, 0.15) is 50.2 Å². The Labute approximate surface area is 339 Å². The fraction of sp³-hybridized carbons (Fsp3) is 0.429. The number of hydrogen-bond donors (Lipinski definition) is 6. The van der Waals surface area contributed by atoms with E-state index in [0.29, 0.717) is 5.69 Å². The number of pyridine rings is 1. The van der Waals surface area contributed by atoms with Crippen molar-refractivity contribution < 1.29 is 29.4 Å². The number of thiazole rings is 1. The molecule has 2 aromatic heterocycles. The minimum absolute atomic E-state index is 0.130. The zero-order chi connectivity index (χ0) is 41.5. The third-order valence-electron chi connectivity index (χ3n) is 9.58. The fourth-order valence-corrected chi connectivity index (χ4v) is 6.81. The second-order valence-electron chi connectivity index (χ2n) is 14.9. The number of carbonyl (C=O) groups excluding carboxylic acids is 4. The molecule has 0 aliphatic heterocycles. The zero-order valence-electron chi connectivity index (χ0n) is 33.4. The van der Waals surface area contributed by atoms with Crippen LogP contribution in [0.4, 0.5) is 9.59 Å². The van der Waals surface area contributed by atoms with E-state index in [1.54, 1.807) is 65.6 Å². The smallest absolute Gasteiger partial charge is 0.318 e. The van der Waals surface area contributed by atoms with E-state index in [0.717, 1.165) is 16.8 Å². The SMILES string of the molecule is CC(C)[C@H](NC(=O)N(C)Cc1ccccn1)C(=O)N[C@@H](Cc1ccccc1)[C@H](O)[C@@H](O)[C@H](Cc1ccccc1)NC(=O)[C@H](NC(=O)N(C)Cc1cscn1)C(C)C. The molecule has 0 unspecified atom stereocenters. The number of aromatic nitrogens is 2. The van der Waals surface area contributed by atoms with Gasteiger partial charge in [0.2, 0.25) is 11.8 Å². The number of hydrogen-bond acceptors (Lipinski definition) is 9. The van der Waals surface area contributed by atoms with Crippen molar-refractivity contribution in [2.24, 2.45) is 11.8 Å². The van der Waals surface area contributed by atoms with Gasteiger partial charge in [0.25, 0.3) is 0 Å². The molecule has 306 valence electrons. The highest BCUT2D eigenvalue weighted by molar-refractivity contribution is 7.07. The molecule has 4 aromatic rings. The van der Waals surface area contributed by atoms with E-state index in [2.05, 4.69) is 31.2 Å². The molecule has 0 fully saturated rings. The largest absolute Gasteiger partial charge is 0.388 e. The first-order chi connectivity index (χ1) is 27.2. The number of benzene rings is 2. The Hall–Kier alpha value is -5.38. The predicted octanol–water partition coefficient (Wildman–Crippen LogP) is 3.75. The summed E-state index contributed by atoms with van der Waals surface area (Å²) >= 11 is 1.42. The molecule has 0 radical (unpaired) electrons. The van der Waals surface area contributed by atoms with E-state index < -0.39 is 60.3 Å². The van der Waals surface area contributed by atoms with Crippen LogP contribution in [0.5, 0.6) is 0 Å². The maximum Gasteiger partial charge on any atom is 0.318 e. The van der Waals surface area contributed by atoms with Crippen LogP contribution in [0.3, 0.4) is 0 Å². The minimum Gasteiger partial charge on any atom is -0.388 e. The number of rotatable bonds is 19. The number of amides is 6. The fourth-order valence-electron chi connectivity index (χ4n) is 6.26. The van der Waals surface area contributed by atoms with E-state index in [1.165, 1.54) is 21.1 Å². The number of nitrogens with one attached hydrogen (secondary N) is 4. The van der Waals surface area contributed by atoms with Crippen LogP contribution < -0.4 is 21.3 Å². The van der Waals surface area contributed by atoms with Crippen molar-refractivity contribution in [3.63, 3.8) is 0 Å². The van der Waals surface area contributed by atoms with Gasteiger partial charge in [0.05, 0.1) is 42.1 Å². The molecular formula is C42H56N8O6S. The van der Waals surface area contributed by atoms with Gasteiger partial charge in [-0.2, -0.15) is 0 Å². The Balaban J connectivity index is 1.56. The summed E-state index contributed by atoms with van der Waals surface area (Å²) in [5.41, 5.74) is 4.64. The van der Waals surface area contributed by atoms with Crippen LogP contribution >= 0.6 is 11.3 Å². The molecule has 0 aliphatic rings. The first-order valence-corrected chi connectivity index (χ1v) is 20.0. The van der Waals surface area contributed by atoms with E-state index in [4.69, 9.17) is 0 Å². The van der Waals surface area contributed by atoms with E-state index in [1.807, 2.05) is 72.1 Å². The molecule has 0 bridgehead atoms. The summed E-state index contributed by atoms with van der Waals surface area (Å²) in [6.07, 6.45) is -1.28. The number of carbonyl (C=O) groups is 4. The van der Waals surface area contributed by atoms with Crippen LogP contribution in [-0.2, 0) is 35.5 Å². The van der Waals surface area contributed by atoms with Crippen molar-refractivity contribution in [1.29, 1.82) is 0 Å². The van der Waals surface area contributed by atoms with Gasteiger partial charge in [-0.15, -0.1) is 11.3 Å². The number of urea groups is 2. The summed E-state index contributed by atoms with van der Waals surface area (Å²) in [5.74, 6) is -1.78. The third-order valence-corrected chi connectivity index (χ3v) is 10.2. The monoisotopic (exact) mass is 800 g/mol. The molecular weight excluding hydrogens is 745 g/mol. The highest BCUT2D eigenvalue weighted by Gasteiger charge is 2.38. The lowest BCUT2D eigenvalue weighted by atomic mass is 9.90. The lowest BCUT2D eigenvalue weighted by Gasteiger charge is -2.35. The molecule has 6 amide bonds. The van der Waals surface area contributed by atoms with Crippen LogP contribution in [0.2, 0.25) is 0 Å². The Morgan fingerprint density at radius 2 is 1.05 bits per heavy atom. The maximum absolute atomic E-state index is 14.0. The molecule has 4 rings (SSSR count). The maximum atomic E-state index is 14.0. The summed E-state index contributed by atoms with van der Waals surface area (Å²) in [6, 6.07) is 18.8. The van der Waals surface area contributed by atoms with Crippen LogP contribution in [0.25, 0.3) is 0 Å². The highest BCUT2D eigenvalue weighted by atomic mass is 32.1.